The monoisotopic (exact) mass is 433 g/mol. The third-order valence-electron chi connectivity index (χ3n) is 5.96. The number of nitrogens with zero attached hydrogens (tertiary/aromatic N) is 2. The number of hydrogen-bond acceptors (Lipinski definition) is 3. The molecule has 1 N–H and O–H groups in total. The van der Waals surface area contributed by atoms with Crippen molar-refractivity contribution in [3.8, 4) is 11.3 Å². The Bertz CT molecular complexity index is 999. The Labute approximate surface area is 189 Å². The molecule has 2 aromatic carbocycles. The number of carbonyl (C=O) groups is 1. The van der Waals surface area contributed by atoms with Gasteiger partial charge in [-0.25, -0.2) is 9.97 Å². The van der Waals surface area contributed by atoms with Gasteiger partial charge < -0.3 is 5.32 Å². The van der Waals surface area contributed by atoms with E-state index in [9.17, 15) is 4.79 Å². The van der Waals surface area contributed by atoms with Crippen LogP contribution in [0.1, 0.15) is 49.8 Å². The maximum atomic E-state index is 12.7. The predicted octanol–water partition coefficient (Wildman–Crippen LogP) is 6.49. The number of aromatic nitrogens is 2. The van der Waals surface area contributed by atoms with Crippen LogP contribution in [0.5, 0.6) is 0 Å². The highest BCUT2D eigenvalue weighted by molar-refractivity contribution is 6.30. The van der Waals surface area contributed by atoms with Crippen LogP contribution in [0.4, 0.5) is 5.82 Å². The van der Waals surface area contributed by atoms with Gasteiger partial charge in [0.2, 0.25) is 5.91 Å². The summed E-state index contributed by atoms with van der Waals surface area (Å²) in [6.07, 6.45) is 10.5. The smallest absolute Gasteiger partial charge is 0.229 e. The van der Waals surface area contributed by atoms with Crippen LogP contribution in [0.15, 0.2) is 60.8 Å². The van der Waals surface area contributed by atoms with E-state index in [1.807, 2.05) is 42.5 Å². The summed E-state index contributed by atoms with van der Waals surface area (Å²) in [4.78, 5) is 22.2. The van der Waals surface area contributed by atoms with Gasteiger partial charge >= 0.3 is 0 Å². The third-order valence-corrected chi connectivity index (χ3v) is 6.22. The van der Waals surface area contributed by atoms with Crippen molar-refractivity contribution >= 4 is 23.3 Å². The molecule has 31 heavy (non-hydrogen) atoms. The number of nitrogens with one attached hydrogen (secondary N) is 1. The molecule has 1 aliphatic carbocycles. The first kappa shape index (κ1) is 21.5. The van der Waals surface area contributed by atoms with Crippen LogP contribution in [-0.4, -0.2) is 15.9 Å². The molecule has 0 radical (unpaired) electrons. The molecule has 1 fully saturated rings. The van der Waals surface area contributed by atoms with Crippen molar-refractivity contribution in [1.82, 2.24) is 9.97 Å². The van der Waals surface area contributed by atoms with Gasteiger partial charge in [0.15, 0.2) is 5.82 Å². The summed E-state index contributed by atoms with van der Waals surface area (Å²) in [5, 5.41) is 3.66. The van der Waals surface area contributed by atoms with Crippen molar-refractivity contribution in [2.75, 3.05) is 5.32 Å². The van der Waals surface area contributed by atoms with Crippen LogP contribution in [0.25, 0.3) is 11.3 Å². The van der Waals surface area contributed by atoms with E-state index in [-0.39, 0.29) is 12.3 Å². The Morgan fingerprint density at radius 3 is 2.48 bits per heavy atom. The molecule has 0 bridgehead atoms. The van der Waals surface area contributed by atoms with E-state index in [1.165, 1.54) is 32.1 Å². The van der Waals surface area contributed by atoms with Gasteiger partial charge in [-0.05, 0) is 36.5 Å². The number of halogens is 1. The van der Waals surface area contributed by atoms with Crippen LogP contribution in [0.2, 0.25) is 5.02 Å². The zero-order valence-corrected chi connectivity index (χ0v) is 18.4. The van der Waals surface area contributed by atoms with E-state index < -0.39 is 0 Å². The molecular weight excluding hydrogens is 406 g/mol. The van der Waals surface area contributed by atoms with Crippen LogP contribution in [-0.2, 0) is 17.6 Å². The topological polar surface area (TPSA) is 54.9 Å². The summed E-state index contributed by atoms with van der Waals surface area (Å²) < 4.78 is 0. The second kappa shape index (κ2) is 10.5. The fourth-order valence-corrected chi connectivity index (χ4v) is 4.36. The van der Waals surface area contributed by atoms with Crippen LogP contribution in [0, 0.1) is 5.92 Å². The number of aryl methyl sites for hydroxylation is 1. The van der Waals surface area contributed by atoms with E-state index in [1.54, 1.807) is 18.3 Å². The summed E-state index contributed by atoms with van der Waals surface area (Å²) in [6, 6.07) is 17.4. The normalized spacial score (nSPS) is 14.4. The van der Waals surface area contributed by atoms with Gasteiger partial charge in [-0.15, -0.1) is 0 Å². The van der Waals surface area contributed by atoms with Crippen LogP contribution in [0.3, 0.4) is 0 Å². The molecular formula is C26H28ClN3O. The van der Waals surface area contributed by atoms with Gasteiger partial charge in [-0.2, -0.15) is 0 Å². The average molecular weight is 434 g/mol. The van der Waals surface area contributed by atoms with E-state index in [4.69, 9.17) is 16.6 Å². The highest BCUT2D eigenvalue weighted by Gasteiger charge is 2.17. The molecule has 0 aliphatic heterocycles. The Balaban J connectivity index is 1.51. The number of anilines is 1. The molecule has 3 aromatic rings. The van der Waals surface area contributed by atoms with Crippen molar-refractivity contribution in [1.29, 1.82) is 0 Å². The molecule has 5 heteroatoms. The molecule has 0 saturated heterocycles. The van der Waals surface area contributed by atoms with Crippen molar-refractivity contribution in [3.63, 3.8) is 0 Å². The first-order chi connectivity index (χ1) is 15.2. The largest absolute Gasteiger partial charge is 0.309 e. The van der Waals surface area contributed by atoms with Crippen LogP contribution < -0.4 is 5.32 Å². The van der Waals surface area contributed by atoms with E-state index >= 15 is 0 Å². The number of benzene rings is 2. The molecule has 1 heterocycles. The minimum atomic E-state index is -0.0944. The lowest BCUT2D eigenvalue weighted by Gasteiger charge is -2.21. The molecule has 1 saturated carbocycles. The molecule has 160 valence electrons. The Morgan fingerprint density at radius 1 is 1.00 bits per heavy atom. The van der Waals surface area contributed by atoms with Gasteiger partial charge in [0, 0.05) is 10.6 Å². The quantitative estimate of drug-likeness (QED) is 0.463. The predicted molar refractivity (Wildman–Crippen MR) is 126 cm³/mol. The first-order valence-corrected chi connectivity index (χ1v) is 11.5. The standard InChI is InChI=1S/C26H28ClN3O/c27-22-14-11-20(12-15-22)17-25(31)30-26-23(16-13-19-7-3-1-4-8-19)29-24(18-28-26)21-9-5-2-6-10-21/h2,5-6,9-12,14-15,18-19H,1,3-4,7-8,13,16-17H2,(H,28,30,31). The zero-order valence-electron chi connectivity index (χ0n) is 17.7. The Kier molecular flexibility index (Phi) is 7.31. The van der Waals surface area contributed by atoms with Crippen molar-refractivity contribution in [3.05, 3.63) is 77.1 Å². The van der Waals surface area contributed by atoms with Crippen LogP contribution >= 0.6 is 11.6 Å². The lowest BCUT2D eigenvalue weighted by Crippen LogP contribution is -2.18. The molecule has 1 aliphatic rings. The van der Waals surface area contributed by atoms with E-state index in [0.29, 0.717) is 10.8 Å². The zero-order chi connectivity index (χ0) is 21.5. The fourth-order valence-electron chi connectivity index (χ4n) is 4.23. The first-order valence-electron chi connectivity index (χ1n) is 11.1. The van der Waals surface area contributed by atoms with Gasteiger partial charge in [-0.3, -0.25) is 4.79 Å². The molecule has 0 unspecified atom stereocenters. The summed E-state index contributed by atoms with van der Waals surface area (Å²) in [5.41, 5.74) is 3.67. The molecule has 1 aromatic heterocycles. The summed E-state index contributed by atoms with van der Waals surface area (Å²) in [6.45, 7) is 0. The molecule has 0 atom stereocenters. The van der Waals surface area contributed by atoms with Crippen molar-refractivity contribution < 1.29 is 4.79 Å². The van der Waals surface area contributed by atoms with Crippen molar-refractivity contribution in [2.45, 2.75) is 51.4 Å². The minimum Gasteiger partial charge on any atom is -0.309 e. The number of amides is 1. The minimum absolute atomic E-state index is 0.0944. The summed E-state index contributed by atoms with van der Waals surface area (Å²) >= 11 is 5.94. The maximum absolute atomic E-state index is 12.7. The fraction of sp³-hybridized carbons (Fsp3) is 0.346. The average Bonchev–Trinajstić information content (AvgIpc) is 2.81. The van der Waals surface area contributed by atoms with Gasteiger partial charge in [0.25, 0.3) is 0 Å². The van der Waals surface area contributed by atoms with E-state index in [2.05, 4.69) is 10.3 Å². The molecule has 4 nitrogen and oxygen atoms in total. The lowest BCUT2D eigenvalue weighted by atomic mass is 9.86. The number of rotatable bonds is 7. The highest BCUT2D eigenvalue weighted by Crippen LogP contribution is 2.29. The molecule has 0 spiro atoms. The SMILES string of the molecule is O=C(Cc1ccc(Cl)cc1)Nc1ncc(-c2ccccc2)nc1CCC1CCCCC1. The number of hydrogen-bond donors (Lipinski definition) is 1. The maximum Gasteiger partial charge on any atom is 0.229 e. The van der Waals surface area contributed by atoms with Crippen molar-refractivity contribution in [2.24, 2.45) is 5.92 Å². The third kappa shape index (κ3) is 6.14. The Hall–Kier alpha value is -2.72. The lowest BCUT2D eigenvalue weighted by molar-refractivity contribution is -0.115. The van der Waals surface area contributed by atoms with Gasteiger partial charge in [0.1, 0.15) is 0 Å². The number of carbonyl (C=O) groups excluding carboxylic acids is 1. The second-order valence-electron chi connectivity index (χ2n) is 8.31. The van der Waals surface area contributed by atoms with Gasteiger partial charge in [0.05, 0.1) is 24.0 Å². The Morgan fingerprint density at radius 2 is 1.74 bits per heavy atom. The summed E-state index contributed by atoms with van der Waals surface area (Å²) in [5.74, 6) is 1.23. The molecule has 1 amide bonds. The highest BCUT2D eigenvalue weighted by atomic mass is 35.5. The summed E-state index contributed by atoms with van der Waals surface area (Å²) in [7, 11) is 0. The molecule has 4 rings (SSSR count). The van der Waals surface area contributed by atoms with Gasteiger partial charge in [-0.1, -0.05) is 86.2 Å². The second-order valence-corrected chi connectivity index (χ2v) is 8.75. The van der Waals surface area contributed by atoms with E-state index in [0.717, 1.165) is 41.3 Å².